The maximum absolute atomic E-state index is 11.4. The van der Waals surface area contributed by atoms with E-state index in [-0.39, 0.29) is 27.9 Å². The minimum absolute atomic E-state index is 0.158. The molecule has 0 aliphatic rings. The lowest BCUT2D eigenvalue weighted by atomic mass is 10.2. The van der Waals surface area contributed by atoms with Crippen LogP contribution in [0.3, 0.4) is 0 Å². The molecule has 1 aromatic rings. The van der Waals surface area contributed by atoms with Crippen molar-refractivity contribution in [1.82, 2.24) is 4.98 Å². The van der Waals surface area contributed by atoms with Crippen LogP contribution in [0.15, 0.2) is 12.3 Å². The zero-order chi connectivity index (χ0) is 11.4. The SMILES string of the molecule is CC(=O)Nc1nccc(C(=O)CBr)c1Cl. The van der Waals surface area contributed by atoms with E-state index in [2.05, 4.69) is 26.2 Å². The number of carbonyl (C=O) groups excluding carboxylic acids is 2. The first-order valence-corrected chi connectivity index (χ1v) is 5.57. The molecule has 0 aliphatic heterocycles. The van der Waals surface area contributed by atoms with E-state index in [1.807, 2.05) is 0 Å². The van der Waals surface area contributed by atoms with E-state index in [4.69, 9.17) is 11.6 Å². The number of ketones is 1. The molecule has 0 fully saturated rings. The Morgan fingerprint density at radius 1 is 1.60 bits per heavy atom. The molecule has 1 N–H and O–H groups in total. The summed E-state index contributed by atoms with van der Waals surface area (Å²) in [5.74, 6) is -0.238. The average molecular weight is 292 g/mol. The van der Waals surface area contributed by atoms with Crippen LogP contribution >= 0.6 is 27.5 Å². The van der Waals surface area contributed by atoms with Crippen LogP contribution in [0, 0.1) is 0 Å². The van der Waals surface area contributed by atoms with Crippen LogP contribution in [0.4, 0.5) is 5.82 Å². The molecule has 4 nitrogen and oxygen atoms in total. The molecule has 0 saturated carbocycles. The molecule has 6 heteroatoms. The highest BCUT2D eigenvalue weighted by atomic mass is 79.9. The van der Waals surface area contributed by atoms with Gasteiger partial charge in [0.05, 0.1) is 10.4 Å². The van der Waals surface area contributed by atoms with Crippen molar-refractivity contribution in [3.63, 3.8) is 0 Å². The van der Waals surface area contributed by atoms with E-state index in [0.29, 0.717) is 5.56 Å². The topological polar surface area (TPSA) is 59.1 Å². The molecule has 0 aliphatic carbocycles. The fraction of sp³-hybridized carbons (Fsp3) is 0.222. The van der Waals surface area contributed by atoms with Gasteiger partial charge in [0.2, 0.25) is 5.91 Å². The number of aromatic nitrogens is 1. The number of carbonyl (C=O) groups is 2. The number of hydrogen-bond acceptors (Lipinski definition) is 3. The summed E-state index contributed by atoms with van der Waals surface area (Å²) < 4.78 is 0. The van der Waals surface area contributed by atoms with E-state index >= 15 is 0 Å². The Hall–Kier alpha value is -0.940. The summed E-state index contributed by atoms with van der Waals surface area (Å²) >= 11 is 8.95. The zero-order valence-corrected chi connectivity index (χ0v) is 10.2. The van der Waals surface area contributed by atoms with Gasteiger partial charge in [-0.15, -0.1) is 0 Å². The predicted octanol–water partition coefficient (Wildman–Crippen LogP) is 2.27. The Bertz CT molecular complexity index is 409. The smallest absolute Gasteiger partial charge is 0.222 e. The fourth-order valence-corrected chi connectivity index (χ4v) is 1.55. The Morgan fingerprint density at radius 3 is 2.80 bits per heavy atom. The maximum atomic E-state index is 11.4. The van der Waals surface area contributed by atoms with Gasteiger partial charge >= 0.3 is 0 Å². The van der Waals surface area contributed by atoms with Crippen molar-refractivity contribution in [3.05, 3.63) is 22.8 Å². The van der Waals surface area contributed by atoms with E-state index in [0.717, 1.165) is 0 Å². The fourth-order valence-electron chi connectivity index (χ4n) is 0.985. The quantitative estimate of drug-likeness (QED) is 0.686. The van der Waals surface area contributed by atoms with Gasteiger partial charge in [-0.2, -0.15) is 0 Å². The van der Waals surface area contributed by atoms with Gasteiger partial charge < -0.3 is 5.32 Å². The van der Waals surface area contributed by atoms with Crippen LogP contribution in [-0.4, -0.2) is 22.0 Å². The van der Waals surface area contributed by atoms with Crippen LogP contribution in [0.2, 0.25) is 5.02 Å². The van der Waals surface area contributed by atoms with Crippen LogP contribution in [0.25, 0.3) is 0 Å². The van der Waals surface area contributed by atoms with Crippen molar-refractivity contribution in [2.45, 2.75) is 6.92 Å². The molecule has 0 aromatic carbocycles. The van der Waals surface area contributed by atoms with Crippen LogP contribution in [-0.2, 0) is 4.79 Å². The third-order valence-corrected chi connectivity index (χ3v) is 2.50. The largest absolute Gasteiger partial charge is 0.310 e. The number of anilines is 1. The van der Waals surface area contributed by atoms with Gasteiger partial charge in [-0.25, -0.2) is 4.98 Å². The van der Waals surface area contributed by atoms with Crippen molar-refractivity contribution in [3.8, 4) is 0 Å². The van der Waals surface area contributed by atoms with Gasteiger partial charge in [-0.1, -0.05) is 27.5 Å². The summed E-state index contributed by atoms with van der Waals surface area (Å²) in [5, 5.41) is 2.78. The van der Waals surface area contributed by atoms with Gasteiger partial charge in [0.15, 0.2) is 11.6 Å². The highest BCUT2D eigenvalue weighted by Crippen LogP contribution is 2.24. The average Bonchev–Trinajstić information content (AvgIpc) is 2.19. The third-order valence-electron chi connectivity index (χ3n) is 1.61. The normalized spacial score (nSPS) is 9.80. The minimum Gasteiger partial charge on any atom is -0.310 e. The van der Waals surface area contributed by atoms with Gasteiger partial charge in [0.1, 0.15) is 0 Å². The van der Waals surface area contributed by atoms with E-state index in [9.17, 15) is 9.59 Å². The number of pyridine rings is 1. The number of amides is 1. The van der Waals surface area contributed by atoms with Crippen molar-refractivity contribution in [1.29, 1.82) is 0 Å². The van der Waals surface area contributed by atoms with Gasteiger partial charge in [-0.05, 0) is 6.07 Å². The molecular weight excluding hydrogens is 283 g/mol. The van der Waals surface area contributed by atoms with Crippen molar-refractivity contribution >= 4 is 45.0 Å². The standard InChI is InChI=1S/C9H8BrClN2O2/c1-5(14)13-9-8(11)6(2-3-12-9)7(15)4-10/h2-3H,4H2,1H3,(H,12,13,14). The Kier molecular flexibility index (Phi) is 4.23. The van der Waals surface area contributed by atoms with Crippen LogP contribution < -0.4 is 5.32 Å². The molecule has 1 rings (SSSR count). The van der Waals surface area contributed by atoms with E-state index in [1.165, 1.54) is 19.2 Å². The Labute approximate surface area is 100 Å². The second-order valence-corrected chi connectivity index (χ2v) is 3.70. The Balaban J connectivity index is 3.11. The van der Waals surface area contributed by atoms with Crippen molar-refractivity contribution in [2.75, 3.05) is 10.6 Å². The molecule has 1 amide bonds. The molecular formula is C9H8BrClN2O2. The van der Waals surface area contributed by atoms with Crippen molar-refractivity contribution in [2.24, 2.45) is 0 Å². The first kappa shape index (κ1) is 12.1. The summed E-state index contributed by atoms with van der Waals surface area (Å²) in [6.45, 7) is 1.34. The third kappa shape index (κ3) is 3.00. The monoisotopic (exact) mass is 290 g/mol. The lowest BCUT2D eigenvalue weighted by molar-refractivity contribution is -0.114. The summed E-state index contributed by atoms with van der Waals surface area (Å²) in [6.07, 6.45) is 1.42. The highest BCUT2D eigenvalue weighted by molar-refractivity contribution is 9.09. The number of hydrogen-bond donors (Lipinski definition) is 1. The molecule has 0 bridgehead atoms. The number of halogens is 2. The summed E-state index contributed by atoms with van der Waals surface area (Å²) in [5.41, 5.74) is 0.340. The molecule has 0 unspecified atom stereocenters. The molecule has 15 heavy (non-hydrogen) atoms. The number of rotatable bonds is 3. The molecule has 0 saturated heterocycles. The van der Waals surface area contributed by atoms with E-state index < -0.39 is 0 Å². The second kappa shape index (κ2) is 5.23. The lowest BCUT2D eigenvalue weighted by Gasteiger charge is -2.06. The molecule has 0 radical (unpaired) electrons. The number of nitrogens with one attached hydrogen (secondary N) is 1. The highest BCUT2D eigenvalue weighted by Gasteiger charge is 2.13. The lowest BCUT2D eigenvalue weighted by Crippen LogP contribution is -2.10. The van der Waals surface area contributed by atoms with Crippen LogP contribution in [0.1, 0.15) is 17.3 Å². The van der Waals surface area contributed by atoms with Gasteiger partial charge in [-0.3, -0.25) is 9.59 Å². The minimum atomic E-state index is -0.284. The molecule has 0 atom stereocenters. The molecule has 1 aromatic heterocycles. The Morgan fingerprint density at radius 2 is 2.27 bits per heavy atom. The van der Waals surface area contributed by atoms with E-state index in [1.54, 1.807) is 0 Å². The molecule has 80 valence electrons. The summed E-state index contributed by atoms with van der Waals surface area (Å²) in [4.78, 5) is 26.1. The zero-order valence-electron chi connectivity index (χ0n) is 7.88. The van der Waals surface area contributed by atoms with Gasteiger partial charge in [0.25, 0.3) is 0 Å². The molecule has 1 heterocycles. The second-order valence-electron chi connectivity index (χ2n) is 2.76. The first-order chi connectivity index (χ1) is 7.06. The number of nitrogens with zero attached hydrogens (tertiary/aromatic N) is 1. The summed E-state index contributed by atoms with van der Waals surface area (Å²) in [7, 11) is 0. The maximum Gasteiger partial charge on any atom is 0.222 e. The van der Waals surface area contributed by atoms with Gasteiger partial charge in [0, 0.05) is 18.7 Å². The predicted molar refractivity (Wildman–Crippen MR) is 61.7 cm³/mol. The first-order valence-electron chi connectivity index (χ1n) is 4.07. The van der Waals surface area contributed by atoms with Crippen molar-refractivity contribution < 1.29 is 9.59 Å². The number of Topliss-reactive ketones (excluding diaryl/α,β-unsaturated/α-hetero) is 1. The molecule has 0 spiro atoms. The van der Waals surface area contributed by atoms with Crippen LogP contribution in [0.5, 0.6) is 0 Å². The summed E-state index contributed by atoms with van der Waals surface area (Å²) in [6, 6.07) is 1.51. The number of alkyl halides is 1.